The smallest absolute Gasteiger partial charge is 0.143 e. The molecule has 10 rings (SSSR count). The Morgan fingerprint density at radius 1 is 0.286 bits per heavy atom. The summed E-state index contributed by atoms with van der Waals surface area (Å²) in [6.07, 6.45) is 0. The van der Waals surface area contributed by atoms with E-state index < -0.39 is 0 Å². The zero-order valence-corrected chi connectivity index (χ0v) is 26.7. The van der Waals surface area contributed by atoms with Crippen LogP contribution in [0.4, 0.5) is 0 Å². The first-order valence-electron chi connectivity index (χ1n) is 16.8. The van der Waals surface area contributed by atoms with E-state index in [-0.39, 0.29) is 0 Å². The summed E-state index contributed by atoms with van der Waals surface area (Å²) in [6.45, 7) is 0. The van der Waals surface area contributed by atoms with E-state index in [1.54, 1.807) is 0 Å². The lowest BCUT2D eigenvalue weighted by atomic mass is 9.84. The molecule has 0 saturated carbocycles. The van der Waals surface area contributed by atoms with Crippen molar-refractivity contribution in [3.8, 4) is 44.5 Å². The number of furan rings is 1. The van der Waals surface area contributed by atoms with E-state index in [0.717, 1.165) is 33.1 Å². The highest BCUT2D eigenvalue weighted by Gasteiger charge is 2.19. The molecule has 0 fully saturated rings. The van der Waals surface area contributed by atoms with Gasteiger partial charge in [-0.05, 0) is 95.5 Å². The lowest BCUT2D eigenvalue weighted by molar-refractivity contribution is 0.670. The van der Waals surface area contributed by atoms with Gasteiger partial charge in [0.05, 0.1) is 0 Å². The van der Waals surface area contributed by atoms with Crippen molar-refractivity contribution in [2.45, 2.75) is 0 Å². The van der Waals surface area contributed by atoms with Crippen molar-refractivity contribution >= 4 is 54.3 Å². The predicted octanol–water partition coefficient (Wildman–Crippen LogP) is 13.7. The Bertz CT molecular complexity index is 2860. The number of hydrogen-bond donors (Lipinski definition) is 0. The molecule has 0 radical (unpaired) electrons. The van der Waals surface area contributed by atoms with Crippen LogP contribution in [0.25, 0.3) is 98.8 Å². The third kappa shape index (κ3) is 4.47. The maximum atomic E-state index is 6.52. The third-order valence-electron chi connectivity index (χ3n) is 10.0. The van der Waals surface area contributed by atoms with Gasteiger partial charge in [-0.2, -0.15) is 0 Å². The number of fused-ring (bicyclic) bond motifs is 6. The molecule has 0 unspecified atom stereocenters. The van der Waals surface area contributed by atoms with Gasteiger partial charge in [-0.25, -0.2) is 0 Å². The standard InChI is InChI=1S/C48H30O/c1-3-13-32(14-4-1)38-20-11-21-42-43-29-36(25-27-45(43)49-48(38)42)35-24-26-41-44(30-35)46(33-15-5-2-6-16-33)39-18-9-10-19-40(39)47(41)37-23-22-31-12-7-8-17-34(31)28-37/h1-30H. The Hall–Kier alpha value is -6.44. The van der Waals surface area contributed by atoms with Crippen LogP contribution in [0.1, 0.15) is 0 Å². The minimum atomic E-state index is 0.900. The fraction of sp³-hybridized carbons (Fsp3) is 0. The van der Waals surface area contributed by atoms with Gasteiger partial charge in [-0.3, -0.25) is 0 Å². The fourth-order valence-corrected chi connectivity index (χ4v) is 7.75. The van der Waals surface area contributed by atoms with Gasteiger partial charge < -0.3 is 4.42 Å². The van der Waals surface area contributed by atoms with Crippen molar-refractivity contribution in [3.05, 3.63) is 182 Å². The Kier molecular flexibility index (Phi) is 6.25. The molecule has 228 valence electrons. The summed E-state index contributed by atoms with van der Waals surface area (Å²) in [7, 11) is 0. The highest BCUT2D eigenvalue weighted by Crippen LogP contribution is 2.46. The lowest BCUT2D eigenvalue weighted by Gasteiger charge is -2.19. The molecule has 0 atom stereocenters. The molecule has 1 heterocycles. The molecule has 1 nitrogen and oxygen atoms in total. The molecule has 0 aliphatic carbocycles. The molecule has 9 aromatic carbocycles. The van der Waals surface area contributed by atoms with Gasteiger partial charge in [0.15, 0.2) is 0 Å². The van der Waals surface area contributed by atoms with Gasteiger partial charge in [-0.15, -0.1) is 0 Å². The summed E-state index contributed by atoms with van der Waals surface area (Å²) in [5.74, 6) is 0. The van der Waals surface area contributed by atoms with Crippen LogP contribution in [0.3, 0.4) is 0 Å². The van der Waals surface area contributed by atoms with Crippen LogP contribution in [-0.4, -0.2) is 0 Å². The van der Waals surface area contributed by atoms with Crippen molar-refractivity contribution in [2.75, 3.05) is 0 Å². The summed E-state index contributed by atoms with van der Waals surface area (Å²) in [5, 5.41) is 9.77. The second-order valence-electron chi connectivity index (χ2n) is 12.8. The molecule has 49 heavy (non-hydrogen) atoms. The number of hydrogen-bond acceptors (Lipinski definition) is 1. The van der Waals surface area contributed by atoms with E-state index in [1.807, 2.05) is 0 Å². The van der Waals surface area contributed by atoms with E-state index in [2.05, 4.69) is 182 Å². The molecule has 0 aliphatic heterocycles. The number of para-hydroxylation sites is 1. The third-order valence-corrected chi connectivity index (χ3v) is 10.0. The van der Waals surface area contributed by atoms with E-state index >= 15 is 0 Å². The molecule has 0 spiro atoms. The average molecular weight is 623 g/mol. The molecule has 0 N–H and O–H groups in total. The summed E-state index contributed by atoms with van der Waals surface area (Å²) in [6, 6.07) is 65.8. The molecule has 1 heteroatoms. The van der Waals surface area contributed by atoms with Crippen LogP contribution in [0.2, 0.25) is 0 Å². The normalized spacial score (nSPS) is 11.7. The van der Waals surface area contributed by atoms with Gasteiger partial charge in [-0.1, -0.05) is 158 Å². The first kappa shape index (κ1) is 27.7. The van der Waals surface area contributed by atoms with Crippen molar-refractivity contribution in [1.29, 1.82) is 0 Å². The van der Waals surface area contributed by atoms with Crippen LogP contribution in [-0.2, 0) is 0 Å². The molecular formula is C48H30O. The number of benzene rings is 9. The van der Waals surface area contributed by atoms with Crippen LogP contribution in [0.5, 0.6) is 0 Å². The summed E-state index contributed by atoms with van der Waals surface area (Å²) >= 11 is 0. The van der Waals surface area contributed by atoms with E-state index in [0.29, 0.717) is 0 Å². The summed E-state index contributed by atoms with van der Waals surface area (Å²) < 4.78 is 6.52. The molecular weight excluding hydrogens is 593 g/mol. The zero-order chi connectivity index (χ0) is 32.3. The first-order valence-corrected chi connectivity index (χ1v) is 16.8. The molecule has 0 aliphatic rings. The Balaban J connectivity index is 1.23. The highest BCUT2D eigenvalue weighted by atomic mass is 16.3. The Morgan fingerprint density at radius 2 is 0.857 bits per heavy atom. The largest absolute Gasteiger partial charge is 0.455 e. The molecule has 0 bridgehead atoms. The van der Waals surface area contributed by atoms with Crippen LogP contribution >= 0.6 is 0 Å². The summed E-state index contributed by atoms with van der Waals surface area (Å²) in [4.78, 5) is 0. The van der Waals surface area contributed by atoms with Crippen molar-refractivity contribution < 1.29 is 4.42 Å². The Labute approximate surface area is 284 Å². The maximum Gasteiger partial charge on any atom is 0.143 e. The van der Waals surface area contributed by atoms with Gasteiger partial charge in [0.1, 0.15) is 11.2 Å². The van der Waals surface area contributed by atoms with Crippen molar-refractivity contribution in [2.24, 2.45) is 0 Å². The molecule has 1 aromatic heterocycles. The fourth-order valence-electron chi connectivity index (χ4n) is 7.75. The minimum absolute atomic E-state index is 0.900. The minimum Gasteiger partial charge on any atom is -0.455 e. The van der Waals surface area contributed by atoms with E-state index in [1.165, 1.54) is 65.7 Å². The van der Waals surface area contributed by atoms with Crippen molar-refractivity contribution in [1.82, 2.24) is 0 Å². The van der Waals surface area contributed by atoms with Crippen LogP contribution in [0, 0.1) is 0 Å². The molecule has 10 aromatic rings. The van der Waals surface area contributed by atoms with Gasteiger partial charge in [0.2, 0.25) is 0 Å². The Morgan fingerprint density at radius 3 is 1.63 bits per heavy atom. The number of rotatable bonds is 4. The second kappa shape index (κ2) is 11.1. The lowest BCUT2D eigenvalue weighted by Crippen LogP contribution is -1.92. The maximum absolute atomic E-state index is 6.52. The van der Waals surface area contributed by atoms with Crippen LogP contribution in [0.15, 0.2) is 186 Å². The zero-order valence-electron chi connectivity index (χ0n) is 26.7. The van der Waals surface area contributed by atoms with Gasteiger partial charge in [0.25, 0.3) is 0 Å². The SMILES string of the molecule is c1ccc(-c2c3ccccc3c(-c3ccc4ccccc4c3)c3ccc(-c4ccc5oc6c(-c7ccccc7)cccc6c5c4)cc23)cc1. The average Bonchev–Trinajstić information content (AvgIpc) is 3.55. The monoisotopic (exact) mass is 622 g/mol. The van der Waals surface area contributed by atoms with E-state index in [4.69, 9.17) is 4.42 Å². The van der Waals surface area contributed by atoms with Crippen LogP contribution < -0.4 is 0 Å². The highest BCUT2D eigenvalue weighted by molar-refractivity contribution is 6.22. The van der Waals surface area contributed by atoms with Gasteiger partial charge >= 0.3 is 0 Å². The molecule has 0 amide bonds. The second-order valence-corrected chi connectivity index (χ2v) is 12.8. The van der Waals surface area contributed by atoms with E-state index in [9.17, 15) is 0 Å². The quantitative estimate of drug-likeness (QED) is 0.178. The predicted molar refractivity (Wildman–Crippen MR) is 208 cm³/mol. The van der Waals surface area contributed by atoms with Crippen molar-refractivity contribution in [3.63, 3.8) is 0 Å². The molecule has 0 saturated heterocycles. The first-order chi connectivity index (χ1) is 24.3. The van der Waals surface area contributed by atoms with Gasteiger partial charge in [0, 0.05) is 16.3 Å². The summed E-state index contributed by atoms with van der Waals surface area (Å²) in [5.41, 5.74) is 11.4. The topological polar surface area (TPSA) is 13.1 Å².